The van der Waals surface area contributed by atoms with Gasteiger partial charge in [-0.15, -0.1) is 0 Å². The zero-order chi connectivity index (χ0) is 47.4. The first-order valence-electron chi connectivity index (χ1n) is 19.5. The monoisotopic (exact) mass is 995 g/mol. The van der Waals surface area contributed by atoms with Gasteiger partial charge in [-0.3, -0.25) is 39.1 Å². The molecule has 0 fully saturated rings. The van der Waals surface area contributed by atoms with Crippen molar-refractivity contribution in [3.05, 3.63) is 85.1 Å². The number of nitrogens with zero attached hydrogens (tertiary/aromatic N) is 4. The molecule has 2 aliphatic heterocycles. The number of carboxylic acids is 2. The third-order valence-corrected chi connectivity index (χ3v) is 10.5. The minimum atomic E-state index is -1.23. The number of hydrogen-bond donors (Lipinski definition) is 13. The van der Waals surface area contributed by atoms with E-state index in [1.807, 2.05) is 13.2 Å². The first-order valence-corrected chi connectivity index (χ1v) is 21.0. The molecule has 26 heteroatoms. The summed E-state index contributed by atoms with van der Waals surface area (Å²) in [6.07, 6.45) is 0.460. The molecule has 2 unspecified atom stereocenters. The Balaban J connectivity index is 0.000000284. The summed E-state index contributed by atoms with van der Waals surface area (Å²) in [6, 6.07) is 7.09. The predicted molar refractivity (Wildman–Crippen MR) is 251 cm³/mol. The molecule has 22 nitrogen and oxygen atoms in total. The zero-order valence-electron chi connectivity index (χ0n) is 34.6. The van der Waals surface area contributed by atoms with Crippen LogP contribution in [0.3, 0.4) is 0 Å². The molecular formula is C40H49Cl4N13O9. The standard InChI is InChI=1S/C21H26Cl2N6O4.C18H19Cl2N7O5.CH4/c1-11-15(3-12(22)4-16(11)23)17(6-20(32)33)28-19(31)9-24-18-5-13(10-29(18)2)27-21-25-7-14(30)8-26-21;19-8-3-9(16(31)10(20)4-8)11(6-15(29)30)24-14(28)7-23-17(32)12-5-13(27-26-12)25-18-21-1-2-22-18;/h3-5,10,14,17,24,30H,6-9H2,1-2H3,(H,28,31)(H,32,33)(H2,25,26,27);3-5,11,31H,1-2,6-7H2,(H,23,32)(H,24,28)(H,29,30)(H3,21,22,25,26,27);1H4/t17-;;/m0../s1. The fraction of sp³-hybridized carbons (Fsp3) is 0.350. The number of β-amino-alcohol motifs (C(OH)–C–C–N with tert-alkyl or cyclic N) is 1. The van der Waals surface area contributed by atoms with Gasteiger partial charge in [0, 0.05) is 59.1 Å². The molecule has 4 aromatic rings. The molecule has 2 aliphatic rings. The molecule has 6 rings (SSSR count). The van der Waals surface area contributed by atoms with Crippen LogP contribution in [0.25, 0.3) is 0 Å². The molecule has 4 heterocycles. The van der Waals surface area contributed by atoms with E-state index in [1.165, 1.54) is 18.2 Å². The maximum atomic E-state index is 12.6. The number of aromatic nitrogens is 3. The van der Waals surface area contributed by atoms with Crippen LogP contribution in [-0.2, 0) is 26.2 Å². The molecule has 2 aromatic heterocycles. The van der Waals surface area contributed by atoms with Crippen LogP contribution >= 0.6 is 46.4 Å². The summed E-state index contributed by atoms with van der Waals surface area (Å²) >= 11 is 24.1. The van der Waals surface area contributed by atoms with Gasteiger partial charge < -0.3 is 67.5 Å². The van der Waals surface area contributed by atoms with Gasteiger partial charge in [-0.1, -0.05) is 53.8 Å². The summed E-state index contributed by atoms with van der Waals surface area (Å²) in [4.78, 5) is 68.2. The van der Waals surface area contributed by atoms with E-state index < -0.39 is 60.7 Å². The van der Waals surface area contributed by atoms with Crippen molar-refractivity contribution in [3.8, 4) is 5.75 Å². The van der Waals surface area contributed by atoms with Crippen LogP contribution in [0, 0.1) is 6.92 Å². The van der Waals surface area contributed by atoms with E-state index in [0.29, 0.717) is 70.9 Å². The normalized spacial score (nSPS) is 14.8. The summed E-state index contributed by atoms with van der Waals surface area (Å²) in [5, 5.41) is 68.0. The molecule has 0 spiro atoms. The molecule has 3 amide bonds. The third kappa shape index (κ3) is 15.3. The van der Waals surface area contributed by atoms with Crippen molar-refractivity contribution in [1.29, 1.82) is 0 Å². The number of aliphatic hydroxyl groups is 1. The number of aliphatic imine (C=N–C) groups is 2. The quantitative estimate of drug-likeness (QED) is 0.0763. The van der Waals surface area contributed by atoms with Gasteiger partial charge in [-0.2, -0.15) is 5.10 Å². The summed E-state index contributed by atoms with van der Waals surface area (Å²) in [6.45, 7) is 3.29. The van der Waals surface area contributed by atoms with Crippen LogP contribution in [0.2, 0.25) is 20.1 Å². The van der Waals surface area contributed by atoms with E-state index in [2.05, 4.69) is 62.7 Å². The molecule has 356 valence electrons. The number of phenols is 1. The topological polar surface area (TPSA) is 321 Å². The number of aliphatic carboxylic acids is 2. The molecular weight excluding hydrogens is 948 g/mol. The first-order chi connectivity index (χ1) is 30.8. The lowest BCUT2D eigenvalue weighted by atomic mass is 9.98. The lowest BCUT2D eigenvalue weighted by Gasteiger charge is -2.21. The van der Waals surface area contributed by atoms with E-state index >= 15 is 0 Å². The smallest absolute Gasteiger partial charge is 0.305 e. The van der Waals surface area contributed by atoms with Crippen LogP contribution < -0.4 is 42.5 Å². The molecule has 3 atom stereocenters. The molecule has 0 saturated heterocycles. The average Bonchev–Trinajstić information content (AvgIpc) is 4.01. The van der Waals surface area contributed by atoms with Gasteiger partial charge in [0.05, 0.1) is 67.9 Å². The number of carbonyl (C=O) groups excluding carboxylic acids is 3. The molecule has 0 saturated carbocycles. The highest BCUT2D eigenvalue weighted by Gasteiger charge is 2.25. The van der Waals surface area contributed by atoms with Crippen LogP contribution in [0.4, 0.5) is 17.3 Å². The largest absolute Gasteiger partial charge is 0.506 e. The van der Waals surface area contributed by atoms with Gasteiger partial charge >= 0.3 is 11.9 Å². The van der Waals surface area contributed by atoms with E-state index in [9.17, 15) is 39.3 Å². The summed E-state index contributed by atoms with van der Waals surface area (Å²) in [5.74, 6) is -2.25. The van der Waals surface area contributed by atoms with Crippen molar-refractivity contribution < 1.29 is 44.4 Å². The Morgan fingerprint density at radius 1 is 0.833 bits per heavy atom. The highest BCUT2D eigenvalue weighted by molar-refractivity contribution is 6.36. The summed E-state index contributed by atoms with van der Waals surface area (Å²) < 4.78 is 1.80. The highest BCUT2D eigenvalue weighted by Crippen LogP contribution is 2.36. The fourth-order valence-electron chi connectivity index (χ4n) is 6.29. The number of phenolic OH excluding ortho intramolecular Hbond substituents is 1. The van der Waals surface area contributed by atoms with E-state index in [1.54, 1.807) is 29.7 Å². The Labute approximate surface area is 397 Å². The van der Waals surface area contributed by atoms with Crippen LogP contribution in [-0.4, -0.2) is 122 Å². The minimum Gasteiger partial charge on any atom is -0.506 e. The van der Waals surface area contributed by atoms with Gasteiger partial charge in [0.2, 0.25) is 11.8 Å². The maximum absolute atomic E-state index is 12.6. The van der Waals surface area contributed by atoms with Crippen LogP contribution in [0.1, 0.15) is 59.5 Å². The number of aromatic hydroxyl groups is 1. The van der Waals surface area contributed by atoms with Gasteiger partial charge in [0.15, 0.2) is 17.7 Å². The number of H-pyrrole nitrogens is 1. The Bertz CT molecular complexity index is 2480. The SMILES string of the molecule is C.Cc1c(Cl)cc(Cl)cc1[C@H](CC(=O)O)NC(=O)CNc1cc(NC2=NCC(O)CN2)cn1C.O=C(O)CC(NC(=O)CNC(=O)c1cc(NC2=NCCN2)n[nH]1)c1cc(Cl)cc(Cl)c1O. The number of aliphatic hydroxyl groups excluding tert-OH is 1. The van der Waals surface area contributed by atoms with E-state index in [-0.39, 0.29) is 47.6 Å². The fourth-order valence-corrected chi connectivity index (χ4v) is 7.31. The molecule has 2 aromatic carbocycles. The van der Waals surface area contributed by atoms with Crippen LogP contribution in [0.5, 0.6) is 5.75 Å². The maximum Gasteiger partial charge on any atom is 0.305 e. The van der Waals surface area contributed by atoms with Crippen molar-refractivity contribution in [2.75, 3.05) is 55.2 Å². The van der Waals surface area contributed by atoms with Crippen molar-refractivity contribution in [3.63, 3.8) is 0 Å². The Morgan fingerprint density at radius 2 is 1.45 bits per heavy atom. The Hall–Kier alpha value is -6.46. The second kappa shape index (κ2) is 24.2. The molecule has 13 N–H and O–H groups in total. The van der Waals surface area contributed by atoms with Crippen molar-refractivity contribution >= 4 is 105 Å². The number of carboxylic acid groups (broad SMARTS) is 2. The van der Waals surface area contributed by atoms with Gasteiger partial charge in [0.1, 0.15) is 17.3 Å². The van der Waals surface area contributed by atoms with E-state index in [0.717, 1.165) is 5.69 Å². The van der Waals surface area contributed by atoms with Crippen molar-refractivity contribution in [2.24, 2.45) is 17.0 Å². The number of anilines is 3. The number of halogens is 4. The summed E-state index contributed by atoms with van der Waals surface area (Å²) in [7, 11) is 1.82. The second-order valence-electron chi connectivity index (χ2n) is 14.4. The number of carbonyl (C=O) groups is 5. The number of amides is 3. The van der Waals surface area contributed by atoms with Crippen molar-refractivity contribution in [1.82, 2.24) is 41.3 Å². The zero-order valence-corrected chi connectivity index (χ0v) is 37.6. The van der Waals surface area contributed by atoms with E-state index in [4.69, 9.17) is 51.5 Å². The lowest BCUT2D eigenvalue weighted by Crippen LogP contribution is -2.42. The number of rotatable bonds is 16. The number of hydrogen-bond acceptors (Lipinski definition) is 15. The number of benzene rings is 2. The van der Waals surface area contributed by atoms with Gasteiger partial charge in [0.25, 0.3) is 5.91 Å². The van der Waals surface area contributed by atoms with Crippen molar-refractivity contribution in [2.45, 2.75) is 45.4 Å². The Kier molecular flexibility index (Phi) is 19.1. The van der Waals surface area contributed by atoms with Gasteiger partial charge in [-0.25, -0.2) is 0 Å². The minimum absolute atomic E-state index is 0. The Morgan fingerprint density at radius 3 is 2.08 bits per heavy atom. The number of guanidine groups is 2. The number of aryl methyl sites for hydroxylation is 1. The second-order valence-corrected chi connectivity index (χ2v) is 16.1. The average molecular weight is 998 g/mol. The predicted octanol–water partition coefficient (Wildman–Crippen LogP) is 3.61. The first kappa shape index (κ1) is 52.2. The van der Waals surface area contributed by atoms with Gasteiger partial charge in [-0.05, 0) is 42.3 Å². The molecule has 66 heavy (non-hydrogen) atoms. The molecule has 0 aliphatic carbocycles. The van der Waals surface area contributed by atoms with Crippen LogP contribution in [0.15, 0.2) is 52.6 Å². The lowest BCUT2D eigenvalue weighted by molar-refractivity contribution is -0.139. The highest BCUT2D eigenvalue weighted by atomic mass is 35.5. The molecule has 0 bridgehead atoms. The number of aromatic amines is 1. The third-order valence-electron chi connectivity index (χ3n) is 9.40. The number of nitrogens with one attached hydrogen (secondary N) is 9. The summed E-state index contributed by atoms with van der Waals surface area (Å²) in [5.41, 5.74) is 2.10. The molecule has 0 radical (unpaired) electrons.